The number of nitrogens with zero attached hydrogens (tertiary/aromatic N) is 3. The molecule has 1 aliphatic heterocycles. The number of rotatable bonds is 9. The van der Waals surface area contributed by atoms with Gasteiger partial charge in [-0.1, -0.05) is 24.3 Å². The molecule has 2 aromatic rings. The maximum Gasteiger partial charge on any atom is 0.191 e. The van der Waals surface area contributed by atoms with Gasteiger partial charge in [0.25, 0.3) is 0 Å². The van der Waals surface area contributed by atoms with Gasteiger partial charge < -0.3 is 25.0 Å². The van der Waals surface area contributed by atoms with E-state index in [4.69, 9.17) is 14.5 Å². The van der Waals surface area contributed by atoms with E-state index >= 15 is 0 Å². The number of aliphatic imine (C=N–C) groups is 1. The van der Waals surface area contributed by atoms with Gasteiger partial charge in [-0.25, -0.2) is 4.99 Å². The summed E-state index contributed by atoms with van der Waals surface area (Å²) in [6.45, 7) is 7.66. The lowest BCUT2D eigenvalue weighted by Gasteiger charge is -2.35. The normalized spacial score (nSPS) is 15.8. The van der Waals surface area contributed by atoms with Crippen LogP contribution in [0.25, 0.3) is 0 Å². The van der Waals surface area contributed by atoms with E-state index in [0.717, 1.165) is 51.1 Å². The molecule has 0 saturated carbocycles. The molecule has 0 bridgehead atoms. The Kier molecular flexibility index (Phi) is 9.19. The van der Waals surface area contributed by atoms with Crippen molar-refractivity contribution in [2.75, 3.05) is 65.5 Å². The van der Waals surface area contributed by atoms with E-state index in [9.17, 15) is 0 Å². The summed E-state index contributed by atoms with van der Waals surface area (Å²) in [5.41, 5.74) is 3.63. The van der Waals surface area contributed by atoms with E-state index in [1.807, 2.05) is 12.1 Å². The predicted molar refractivity (Wildman–Crippen MR) is 132 cm³/mol. The van der Waals surface area contributed by atoms with Crippen LogP contribution in [0.4, 0.5) is 5.69 Å². The first-order valence-corrected chi connectivity index (χ1v) is 11.3. The molecule has 1 unspecified atom stereocenters. The molecule has 0 aromatic heterocycles. The van der Waals surface area contributed by atoms with Crippen molar-refractivity contribution in [3.63, 3.8) is 0 Å². The third-order valence-electron chi connectivity index (χ3n) is 5.64. The minimum Gasteiger partial charge on any atom is -0.497 e. The molecule has 1 fully saturated rings. The van der Waals surface area contributed by atoms with Gasteiger partial charge in [0, 0.05) is 46.0 Å². The Morgan fingerprint density at radius 1 is 1.12 bits per heavy atom. The van der Waals surface area contributed by atoms with Crippen LogP contribution in [0.1, 0.15) is 24.1 Å². The van der Waals surface area contributed by atoms with E-state index in [1.54, 1.807) is 7.11 Å². The van der Waals surface area contributed by atoms with Gasteiger partial charge in [0.15, 0.2) is 5.96 Å². The average Bonchev–Trinajstić information content (AvgIpc) is 2.83. The quantitative estimate of drug-likeness (QED) is 0.463. The highest BCUT2D eigenvalue weighted by Crippen LogP contribution is 2.23. The van der Waals surface area contributed by atoms with Crippen LogP contribution in [0.3, 0.4) is 0 Å². The smallest absolute Gasteiger partial charge is 0.191 e. The molecule has 0 spiro atoms. The third kappa shape index (κ3) is 6.87. The number of methoxy groups -OCH3 is 1. The van der Waals surface area contributed by atoms with Crippen LogP contribution >= 0.6 is 0 Å². The monoisotopic (exact) mass is 439 g/mol. The van der Waals surface area contributed by atoms with Crippen molar-refractivity contribution >= 4 is 11.6 Å². The summed E-state index contributed by atoms with van der Waals surface area (Å²) in [5, 5.41) is 6.95. The summed E-state index contributed by atoms with van der Waals surface area (Å²) >= 11 is 0. The molecule has 2 aromatic carbocycles. The zero-order valence-corrected chi connectivity index (χ0v) is 19.8. The molecule has 0 aliphatic carbocycles. The van der Waals surface area contributed by atoms with Crippen LogP contribution in [0.5, 0.6) is 5.75 Å². The topological polar surface area (TPSA) is 61.4 Å². The Morgan fingerprint density at radius 2 is 1.88 bits per heavy atom. The van der Waals surface area contributed by atoms with Crippen molar-refractivity contribution in [3.8, 4) is 5.75 Å². The summed E-state index contributed by atoms with van der Waals surface area (Å²) < 4.78 is 10.9. The molecule has 7 heteroatoms. The molecule has 1 saturated heterocycles. The molecule has 1 heterocycles. The second-order valence-electron chi connectivity index (χ2n) is 8.08. The number of guanidine groups is 1. The van der Waals surface area contributed by atoms with E-state index < -0.39 is 0 Å². The van der Waals surface area contributed by atoms with Gasteiger partial charge in [0.05, 0.1) is 32.9 Å². The molecule has 32 heavy (non-hydrogen) atoms. The number of benzene rings is 2. The fourth-order valence-corrected chi connectivity index (χ4v) is 3.81. The lowest BCUT2D eigenvalue weighted by molar-refractivity contribution is 0.0170. The fourth-order valence-electron chi connectivity index (χ4n) is 3.81. The molecule has 1 atom stereocenters. The summed E-state index contributed by atoms with van der Waals surface area (Å²) in [6, 6.07) is 17.1. The molecular weight excluding hydrogens is 402 g/mol. The highest BCUT2D eigenvalue weighted by Gasteiger charge is 2.23. The molecule has 174 valence electrons. The summed E-state index contributed by atoms with van der Waals surface area (Å²) in [6.07, 6.45) is 0. The molecule has 1 aliphatic rings. The molecule has 0 radical (unpaired) electrons. The van der Waals surface area contributed by atoms with Gasteiger partial charge >= 0.3 is 0 Å². The van der Waals surface area contributed by atoms with Crippen molar-refractivity contribution in [1.29, 1.82) is 0 Å². The summed E-state index contributed by atoms with van der Waals surface area (Å²) in [5.74, 6) is 1.70. The maximum absolute atomic E-state index is 5.58. The molecule has 0 amide bonds. The van der Waals surface area contributed by atoms with Crippen molar-refractivity contribution in [2.24, 2.45) is 4.99 Å². The van der Waals surface area contributed by atoms with Crippen LogP contribution in [-0.2, 0) is 11.3 Å². The highest BCUT2D eigenvalue weighted by molar-refractivity contribution is 5.79. The maximum atomic E-state index is 5.58. The summed E-state index contributed by atoms with van der Waals surface area (Å²) in [4.78, 5) is 9.42. The SMILES string of the molecule is CCNC(=NCc1cccc(N(C)C)c1)NCC(c1ccc(OC)cc1)N1CCOCC1. The first-order valence-electron chi connectivity index (χ1n) is 11.3. The minimum absolute atomic E-state index is 0.228. The Labute approximate surface area is 192 Å². The van der Waals surface area contributed by atoms with Gasteiger partial charge in [-0.2, -0.15) is 0 Å². The predicted octanol–water partition coefficient (Wildman–Crippen LogP) is 2.89. The first-order chi connectivity index (χ1) is 15.6. The number of morpholine rings is 1. The van der Waals surface area contributed by atoms with Gasteiger partial charge in [-0.3, -0.25) is 4.90 Å². The lowest BCUT2D eigenvalue weighted by atomic mass is 10.0. The molecular formula is C25H37N5O2. The molecule has 7 nitrogen and oxygen atoms in total. The Morgan fingerprint density at radius 3 is 2.53 bits per heavy atom. The Hall–Kier alpha value is -2.77. The molecule has 3 rings (SSSR count). The van der Waals surface area contributed by atoms with Crippen LogP contribution < -0.4 is 20.3 Å². The molecule has 2 N–H and O–H groups in total. The van der Waals surface area contributed by atoms with Crippen LogP contribution in [0.15, 0.2) is 53.5 Å². The fraction of sp³-hybridized carbons (Fsp3) is 0.480. The van der Waals surface area contributed by atoms with Gasteiger partial charge in [-0.05, 0) is 42.3 Å². The van der Waals surface area contributed by atoms with Crippen LogP contribution in [0.2, 0.25) is 0 Å². The minimum atomic E-state index is 0.228. The van der Waals surface area contributed by atoms with Crippen molar-refractivity contribution in [1.82, 2.24) is 15.5 Å². The second-order valence-corrected chi connectivity index (χ2v) is 8.08. The van der Waals surface area contributed by atoms with E-state index in [-0.39, 0.29) is 6.04 Å². The summed E-state index contributed by atoms with van der Waals surface area (Å²) in [7, 11) is 5.81. The number of hydrogen-bond acceptors (Lipinski definition) is 5. The number of ether oxygens (including phenoxy) is 2. The zero-order valence-electron chi connectivity index (χ0n) is 19.8. The number of anilines is 1. The first kappa shape index (κ1) is 23.9. The number of nitrogens with one attached hydrogen (secondary N) is 2. The third-order valence-corrected chi connectivity index (χ3v) is 5.64. The van der Waals surface area contributed by atoms with Gasteiger partial charge in [-0.15, -0.1) is 0 Å². The standard InChI is InChI=1S/C25H37N5O2/c1-5-26-25(27-18-20-7-6-8-22(17-20)29(2)3)28-19-24(30-13-15-32-16-14-30)21-9-11-23(31-4)12-10-21/h6-12,17,24H,5,13-16,18-19H2,1-4H3,(H2,26,27,28). The van der Waals surface area contributed by atoms with Crippen molar-refractivity contribution < 1.29 is 9.47 Å². The van der Waals surface area contributed by atoms with Crippen LogP contribution in [0, 0.1) is 0 Å². The van der Waals surface area contributed by atoms with Gasteiger partial charge in [0.2, 0.25) is 0 Å². The van der Waals surface area contributed by atoms with Crippen molar-refractivity contribution in [2.45, 2.75) is 19.5 Å². The van der Waals surface area contributed by atoms with Crippen LogP contribution in [-0.4, -0.2) is 71.5 Å². The lowest BCUT2D eigenvalue weighted by Crippen LogP contribution is -2.46. The number of hydrogen-bond donors (Lipinski definition) is 2. The Bertz CT molecular complexity index is 848. The average molecular weight is 440 g/mol. The van der Waals surface area contributed by atoms with E-state index in [1.165, 1.54) is 16.8 Å². The van der Waals surface area contributed by atoms with Gasteiger partial charge in [0.1, 0.15) is 5.75 Å². The van der Waals surface area contributed by atoms with E-state index in [2.05, 4.69) is 77.9 Å². The largest absolute Gasteiger partial charge is 0.497 e. The highest BCUT2D eigenvalue weighted by atomic mass is 16.5. The van der Waals surface area contributed by atoms with Crippen molar-refractivity contribution in [3.05, 3.63) is 59.7 Å². The second kappa shape index (κ2) is 12.3. The zero-order chi connectivity index (χ0) is 22.8. The Balaban J connectivity index is 1.71. The van der Waals surface area contributed by atoms with E-state index in [0.29, 0.717) is 6.54 Å².